The van der Waals surface area contributed by atoms with Crippen LogP contribution in [0.5, 0.6) is 0 Å². The zero-order valence-corrected chi connectivity index (χ0v) is 11.2. The number of pyridine rings is 1. The highest BCUT2D eigenvalue weighted by Gasteiger charge is 2.33. The third-order valence-corrected chi connectivity index (χ3v) is 4.52. The highest BCUT2D eigenvalue weighted by molar-refractivity contribution is 8.23. The smallest absolute Gasteiger partial charge is 0.134 e. The van der Waals surface area contributed by atoms with Gasteiger partial charge in [0.05, 0.1) is 11.3 Å². The minimum Gasteiger partial charge on any atom is -0.363 e. The second-order valence-corrected chi connectivity index (χ2v) is 5.96. The Morgan fingerprint density at radius 3 is 2.56 bits per heavy atom. The highest BCUT2D eigenvalue weighted by Crippen LogP contribution is 2.45. The minimum absolute atomic E-state index is 0.207. The summed E-state index contributed by atoms with van der Waals surface area (Å²) in [5.41, 5.74) is 2.47. The Labute approximate surface area is 116 Å². The predicted molar refractivity (Wildman–Crippen MR) is 79.5 cm³/mol. The van der Waals surface area contributed by atoms with E-state index in [-0.39, 0.29) is 6.04 Å². The molecule has 1 aromatic heterocycles. The van der Waals surface area contributed by atoms with Gasteiger partial charge in [-0.05, 0) is 17.2 Å². The van der Waals surface area contributed by atoms with Gasteiger partial charge in [0.15, 0.2) is 0 Å². The van der Waals surface area contributed by atoms with Crippen LogP contribution in [0.2, 0.25) is 0 Å². The normalized spacial score (nSPS) is 22.8. The average Bonchev–Trinajstić information content (AvgIpc) is 2.83. The van der Waals surface area contributed by atoms with E-state index < -0.39 is 0 Å². The first-order valence-corrected chi connectivity index (χ1v) is 7.05. The molecule has 0 aliphatic carbocycles. The molecular weight excluding hydrogens is 260 g/mol. The molecule has 4 heteroatoms. The fraction of sp³-hybridized carbons (Fsp3) is 0.143. The summed E-state index contributed by atoms with van der Waals surface area (Å²) in [6, 6.07) is 14.7. The lowest BCUT2D eigenvalue weighted by Crippen LogP contribution is -2.19. The zero-order chi connectivity index (χ0) is 12.4. The first-order chi connectivity index (χ1) is 8.84. The van der Waals surface area contributed by atoms with Gasteiger partial charge in [-0.1, -0.05) is 60.4 Å². The number of rotatable bonds is 2. The molecule has 3 rings (SSSR count). The minimum atomic E-state index is 0.207. The molecular formula is C14H12N2S2. The molecule has 2 heterocycles. The van der Waals surface area contributed by atoms with E-state index in [0.29, 0.717) is 5.25 Å². The van der Waals surface area contributed by atoms with Crippen molar-refractivity contribution in [2.24, 2.45) is 0 Å². The van der Waals surface area contributed by atoms with Gasteiger partial charge in [0, 0.05) is 12.4 Å². The summed E-state index contributed by atoms with van der Waals surface area (Å²) in [6.45, 7) is 0. The topological polar surface area (TPSA) is 24.9 Å². The fourth-order valence-electron chi connectivity index (χ4n) is 2.14. The van der Waals surface area contributed by atoms with Gasteiger partial charge in [0.25, 0.3) is 0 Å². The van der Waals surface area contributed by atoms with Gasteiger partial charge >= 0.3 is 0 Å². The maximum Gasteiger partial charge on any atom is 0.134 e. The van der Waals surface area contributed by atoms with Crippen molar-refractivity contribution in [2.75, 3.05) is 0 Å². The standard InChI is InChI=1S/C14H12N2S2/c17-14-16-12(11-7-4-8-15-9-11)13(18-14)10-5-2-1-3-6-10/h1-9,12-13H,(H,16,17). The number of aromatic nitrogens is 1. The largest absolute Gasteiger partial charge is 0.363 e. The van der Waals surface area contributed by atoms with Gasteiger partial charge in [-0.25, -0.2) is 0 Å². The lowest BCUT2D eigenvalue weighted by Gasteiger charge is -2.18. The first kappa shape index (κ1) is 11.7. The van der Waals surface area contributed by atoms with Crippen LogP contribution in [0.25, 0.3) is 0 Å². The van der Waals surface area contributed by atoms with Crippen LogP contribution in [-0.2, 0) is 0 Å². The Hall–Kier alpha value is -1.39. The number of nitrogens with zero attached hydrogens (tertiary/aromatic N) is 1. The van der Waals surface area contributed by atoms with Gasteiger partial charge in [0.1, 0.15) is 4.32 Å². The summed E-state index contributed by atoms with van der Waals surface area (Å²) in [5, 5.41) is 3.70. The van der Waals surface area contributed by atoms with E-state index in [1.165, 1.54) is 11.1 Å². The molecule has 0 bridgehead atoms. The number of benzene rings is 1. The van der Waals surface area contributed by atoms with Gasteiger partial charge in [-0.15, -0.1) is 0 Å². The summed E-state index contributed by atoms with van der Waals surface area (Å²) < 4.78 is 0.859. The molecule has 2 aromatic rings. The van der Waals surface area contributed by atoms with E-state index in [1.807, 2.05) is 18.3 Å². The van der Waals surface area contributed by atoms with E-state index in [2.05, 4.69) is 40.6 Å². The summed E-state index contributed by atoms with van der Waals surface area (Å²) in [7, 11) is 0. The maximum absolute atomic E-state index is 5.30. The quantitative estimate of drug-likeness (QED) is 0.846. The van der Waals surface area contributed by atoms with E-state index in [0.717, 1.165) is 4.32 Å². The first-order valence-electron chi connectivity index (χ1n) is 5.76. The van der Waals surface area contributed by atoms with Crippen molar-refractivity contribution in [3.8, 4) is 0 Å². The van der Waals surface area contributed by atoms with Crippen molar-refractivity contribution in [3.63, 3.8) is 0 Å². The molecule has 0 saturated carbocycles. The molecule has 0 spiro atoms. The molecule has 1 aromatic carbocycles. The Morgan fingerprint density at radius 2 is 1.83 bits per heavy atom. The van der Waals surface area contributed by atoms with Crippen molar-refractivity contribution in [1.29, 1.82) is 0 Å². The summed E-state index contributed by atoms with van der Waals surface area (Å²) in [6.07, 6.45) is 3.70. The SMILES string of the molecule is S=C1NC(c2cccnc2)C(c2ccccc2)S1. The summed E-state index contributed by atoms with van der Waals surface area (Å²) >= 11 is 7.02. The number of thioether (sulfide) groups is 1. The van der Waals surface area contributed by atoms with Crippen LogP contribution in [0.4, 0.5) is 0 Å². The third kappa shape index (κ3) is 2.26. The molecule has 1 fully saturated rings. The molecule has 0 amide bonds. The van der Waals surface area contributed by atoms with Crippen LogP contribution >= 0.6 is 24.0 Å². The lowest BCUT2D eigenvalue weighted by atomic mass is 10.00. The molecule has 1 saturated heterocycles. The zero-order valence-electron chi connectivity index (χ0n) is 9.61. The fourth-order valence-corrected chi connectivity index (χ4v) is 3.66. The molecule has 2 atom stereocenters. The number of nitrogens with one attached hydrogen (secondary N) is 1. The maximum atomic E-state index is 5.30. The van der Waals surface area contributed by atoms with Crippen molar-refractivity contribution < 1.29 is 0 Å². The summed E-state index contributed by atoms with van der Waals surface area (Å²) in [4.78, 5) is 4.19. The van der Waals surface area contributed by atoms with E-state index in [4.69, 9.17) is 12.2 Å². The predicted octanol–water partition coefficient (Wildman–Crippen LogP) is 3.49. The second-order valence-electron chi connectivity index (χ2n) is 4.14. The van der Waals surface area contributed by atoms with Crippen molar-refractivity contribution in [3.05, 3.63) is 66.0 Å². The number of thiocarbonyl (C=S) groups is 1. The molecule has 90 valence electrons. The van der Waals surface area contributed by atoms with Crippen LogP contribution < -0.4 is 5.32 Å². The monoisotopic (exact) mass is 272 g/mol. The second kappa shape index (κ2) is 5.08. The van der Waals surface area contributed by atoms with Crippen molar-refractivity contribution in [1.82, 2.24) is 10.3 Å². The van der Waals surface area contributed by atoms with E-state index in [1.54, 1.807) is 18.0 Å². The molecule has 1 aliphatic rings. The summed E-state index contributed by atoms with van der Waals surface area (Å²) in [5.74, 6) is 0. The molecule has 0 radical (unpaired) electrons. The number of hydrogen-bond acceptors (Lipinski definition) is 3. The average molecular weight is 272 g/mol. The third-order valence-electron chi connectivity index (χ3n) is 2.98. The van der Waals surface area contributed by atoms with Crippen LogP contribution in [0.1, 0.15) is 22.4 Å². The Morgan fingerprint density at radius 1 is 1.06 bits per heavy atom. The molecule has 1 aliphatic heterocycles. The van der Waals surface area contributed by atoms with Gasteiger partial charge in [-0.3, -0.25) is 4.98 Å². The number of hydrogen-bond donors (Lipinski definition) is 1. The molecule has 18 heavy (non-hydrogen) atoms. The van der Waals surface area contributed by atoms with Crippen LogP contribution in [0.15, 0.2) is 54.9 Å². The van der Waals surface area contributed by atoms with Crippen LogP contribution in [-0.4, -0.2) is 9.30 Å². The van der Waals surface area contributed by atoms with Crippen molar-refractivity contribution >= 4 is 28.3 Å². The highest BCUT2D eigenvalue weighted by atomic mass is 32.2. The molecule has 2 nitrogen and oxygen atoms in total. The molecule has 1 N–H and O–H groups in total. The van der Waals surface area contributed by atoms with Crippen LogP contribution in [0.3, 0.4) is 0 Å². The Balaban J connectivity index is 1.96. The molecule has 2 unspecified atom stereocenters. The van der Waals surface area contributed by atoms with Crippen LogP contribution in [0, 0.1) is 0 Å². The van der Waals surface area contributed by atoms with Gasteiger partial charge in [-0.2, -0.15) is 0 Å². The Kier molecular flexibility index (Phi) is 3.30. The van der Waals surface area contributed by atoms with Gasteiger partial charge < -0.3 is 5.32 Å². The lowest BCUT2D eigenvalue weighted by molar-refractivity contribution is 0.654. The van der Waals surface area contributed by atoms with Gasteiger partial charge in [0.2, 0.25) is 0 Å². The van der Waals surface area contributed by atoms with E-state index in [9.17, 15) is 0 Å². The van der Waals surface area contributed by atoms with Crippen molar-refractivity contribution in [2.45, 2.75) is 11.3 Å². The van der Waals surface area contributed by atoms with E-state index >= 15 is 0 Å². The Bertz CT molecular complexity index is 493.